The third-order valence-electron chi connectivity index (χ3n) is 18.0. The molecule has 14 rings (SSSR count). The second kappa shape index (κ2) is 51.8. The van der Waals surface area contributed by atoms with E-state index in [4.69, 9.17) is 25.1 Å². The standard InChI is InChI=1S/C29H26F3N5O3.C24H18F3N5O.C19H23N3O3.C11H9BrN2O.C10H5F3N2O.C8H15NO2/c1-29(2,3)40-28(39)33-11-5-7-19-15-34-27(35-16-19)20-8-4-6-18(12-20)17-37-25(38)10-9-24(36-37)21-13-22(30)26(32)23(31)14-21;25-19-10-18(11-20(26)23(19)27)21-6-7-22(33)32(31-21)14-15-3-1-5-17(9-15)24-29-12-16(13-30-24)4-2-8-28;1-19(2,3)25-18(24)20-9-5-7-15-11-21-17(22-12-15)16-8-4-6-14(10-16)13-23;12-10-5-13-11(14-6-10)9-3-1-2-8(4-9)7-15;11-6-3-5(4-7(12)10(6)13)8-1-2-9(16)15-14-8;1-5-6-9-7(10)11-8(2,3)4/h4-10,12-16H,11,17H2,1-3H3,(H,33,39);1-7,9-13H,8,14,28H2;4-8,10-12,23H,9,13H2,1-3H3,(H,20,24);1-6,15H,7H2;1-4H,(H,15,16);5H,1,6H2,2-4H3,(H,9,10)/b7-5+;4-2+;7-5+;;;. The quantitative estimate of drug-likeness (QED) is 0.0135. The molecule has 0 atom stereocenters. The number of aromatic nitrogens is 14. The molecule has 0 radical (unpaired) electrons. The van der Waals surface area contributed by atoms with E-state index in [9.17, 15) is 73.4 Å². The Labute approximate surface area is 805 Å². The van der Waals surface area contributed by atoms with Crippen LogP contribution >= 0.6 is 15.9 Å². The fraction of sp³-hybridized carbons (Fsp3) is 0.198. The number of amides is 3. The zero-order chi connectivity index (χ0) is 102. The van der Waals surface area contributed by atoms with Crippen LogP contribution in [0.4, 0.5) is 53.9 Å². The van der Waals surface area contributed by atoms with Crippen molar-refractivity contribution in [2.45, 2.75) is 105 Å². The van der Waals surface area contributed by atoms with Gasteiger partial charge in [-0.25, -0.2) is 108 Å². The third-order valence-corrected chi connectivity index (χ3v) is 18.4. The Morgan fingerprint density at radius 3 is 0.993 bits per heavy atom. The molecule has 7 aromatic carbocycles. The molecule has 0 unspecified atom stereocenters. The van der Waals surface area contributed by atoms with Crippen molar-refractivity contribution < 1.29 is 78.3 Å². The fourth-order valence-electron chi connectivity index (χ4n) is 11.8. The molecule has 7 aromatic heterocycles. The zero-order valence-corrected chi connectivity index (χ0v) is 78.5. The van der Waals surface area contributed by atoms with Crippen molar-refractivity contribution in [3.63, 3.8) is 0 Å². The lowest BCUT2D eigenvalue weighted by Crippen LogP contribution is -2.32. The minimum absolute atomic E-state index is 0.00191. The molecule has 140 heavy (non-hydrogen) atoms. The number of nitrogens with zero attached hydrogens (tertiary/aromatic N) is 13. The van der Waals surface area contributed by atoms with Crippen molar-refractivity contribution in [3.8, 4) is 79.3 Å². The van der Waals surface area contributed by atoms with Gasteiger partial charge in [0.05, 0.1) is 47.9 Å². The van der Waals surface area contributed by atoms with E-state index in [1.807, 2.05) is 120 Å². The van der Waals surface area contributed by atoms with Crippen molar-refractivity contribution in [2.24, 2.45) is 5.73 Å². The van der Waals surface area contributed by atoms with Gasteiger partial charge in [-0.3, -0.25) is 14.4 Å². The van der Waals surface area contributed by atoms with Crippen LogP contribution in [0.3, 0.4) is 0 Å². The van der Waals surface area contributed by atoms with Gasteiger partial charge in [-0.1, -0.05) is 115 Å². The highest BCUT2D eigenvalue weighted by Gasteiger charge is 2.22. The highest BCUT2D eigenvalue weighted by Crippen LogP contribution is 2.28. The lowest BCUT2D eigenvalue weighted by molar-refractivity contribution is 0.0522. The van der Waals surface area contributed by atoms with Gasteiger partial charge in [-0.2, -0.15) is 15.3 Å². The second-order valence-corrected chi connectivity index (χ2v) is 33.7. The van der Waals surface area contributed by atoms with Crippen LogP contribution in [-0.2, 0) is 40.5 Å². The molecular formula is C101H96BrF9N18O11. The first-order chi connectivity index (χ1) is 66.6. The van der Waals surface area contributed by atoms with E-state index < -0.39 is 104 Å². The highest BCUT2D eigenvalue weighted by molar-refractivity contribution is 9.10. The normalized spacial score (nSPS) is 11.1. The van der Waals surface area contributed by atoms with Crippen LogP contribution in [0.25, 0.3) is 97.6 Å². The number of hydrogen-bond acceptors (Lipinski definition) is 23. The van der Waals surface area contributed by atoms with Gasteiger partial charge < -0.3 is 46.1 Å². The summed E-state index contributed by atoms with van der Waals surface area (Å²) in [5, 5.41) is 40.0. The van der Waals surface area contributed by atoms with Crippen LogP contribution in [0, 0.1) is 52.4 Å². The SMILES string of the molecule is C=CCNC(=O)OC(C)(C)C.CC(C)(C)OC(=O)NC/C=C/c1cnc(-c2cccc(CO)c2)nc1.CC(C)(C)OC(=O)NC/C=C/c1cnc(-c2cccc(Cn3nc(-c4cc(F)c(F)c(F)c4)ccc3=O)c2)nc1.NC/C=C/c1cnc(-c2cccc(Cn3nc(-c4cc(F)c(F)c(F)c4)ccc3=O)c2)nc1.O=c1ccc(-c2cc(F)c(F)c(F)c2)n[nH]1.OCc1cccc(-c2ncc(Br)cn2)c1. The highest BCUT2D eigenvalue weighted by atomic mass is 79.9. The van der Waals surface area contributed by atoms with E-state index in [0.717, 1.165) is 106 Å². The van der Waals surface area contributed by atoms with Crippen molar-refractivity contribution in [2.75, 3.05) is 26.2 Å². The van der Waals surface area contributed by atoms with Gasteiger partial charge in [0, 0.05) is 150 Å². The minimum atomic E-state index is -1.57. The number of hydrogen-bond donors (Lipinski definition) is 7. The van der Waals surface area contributed by atoms with Gasteiger partial charge >= 0.3 is 18.3 Å². The number of carbonyl (C=O) groups excluding carboxylic acids is 3. The van der Waals surface area contributed by atoms with E-state index in [-0.39, 0.29) is 66.6 Å². The third kappa shape index (κ3) is 35.3. The molecule has 0 saturated heterocycles. The number of ether oxygens (including phenoxy) is 3. The van der Waals surface area contributed by atoms with Gasteiger partial charge in [-0.15, -0.1) is 6.58 Å². The molecule has 39 heteroatoms. The number of aliphatic hydroxyl groups excluding tert-OH is 2. The van der Waals surface area contributed by atoms with E-state index in [1.165, 1.54) is 30.3 Å². The Balaban J connectivity index is 0.000000198. The maximum absolute atomic E-state index is 13.7. The molecule has 29 nitrogen and oxygen atoms in total. The summed E-state index contributed by atoms with van der Waals surface area (Å²) in [6.45, 7) is 21.4. The number of aromatic amines is 1. The lowest BCUT2D eigenvalue weighted by Gasteiger charge is -2.19. The molecule has 0 saturated carbocycles. The molecule has 3 amide bonds. The van der Waals surface area contributed by atoms with Gasteiger partial charge in [0.15, 0.2) is 75.7 Å². The Kier molecular flexibility index (Phi) is 39.8. The van der Waals surface area contributed by atoms with Crippen LogP contribution in [0.15, 0.2) is 269 Å². The number of benzene rings is 7. The van der Waals surface area contributed by atoms with E-state index in [1.54, 1.807) is 131 Å². The van der Waals surface area contributed by atoms with E-state index in [0.29, 0.717) is 54.1 Å². The van der Waals surface area contributed by atoms with Crippen LogP contribution in [0.2, 0.25) is 0 Å². The molecule has 14 aromatic rings. The fourth-order valence-corrected chi connectivity index (χ4v) is 12.0. The molecule has 0 aliphatic heterocycles. The number of nitrogens with two attached hydrogens (primary N) is 1. The topological polar surface area (TPSA) is 400 Å². The minimum Gasteiger partial charge on any atom is -0.444 e. The lowest BCUT2D eigenvalue weighted by atomic mass is 10.1. The Morgan fingerprint density at radius 2 is 0.693 bits per heavy atom. The number of nitrogens with one attached hydrogen (secondary N) is 4. The Hall–Kier alpha value is -16.0. The van der Waals surface area contributed by atoms with Gasteiger partial charge in [0.2, 0.25) is 0 Å². The molecular weight excluding hydrogens is 1890 g/mol. The number of halogens is 10. The summed E-state index contributed by atoms with van der Waals surface area (Å²) in [6.07, 6.45) is 24.4. The number of rotatable bonds is 23. The second-order valence-electron chi connectivity index (χ2n) is 32.7. The molecule has 7 heterocycles. The monoisotopic (exact) mass is 1990 g/mol. The maximum atomic E-state index is 13.7. The molecule has 0 fully saturated rings. The summed E-state index contributed by atoms with van der Waals surface area (Å²) in [4.78, 5) is 104. The molecule has 8 N–H and O–H groups in total. The zero-order valence-electron chi connectivity index (χ0n) is 76.9. The smallest absolute Gasteiger partial charge is 0.407 e. The predicted molar refractivity (Wildman–Crippen MR) is 514 cm³/mol. The summed E-state index contributed by atoms with van der Waals surface area (Å²) < 4.78 is 138. The molecule has 726 valence electrons. The van der Waals surface area contributed by atoms with Crippen molar-refractivity contribution >= 4 is 52.4 Å². The molecule has 0 spiro atoms. The first-order valence-electron chi connectivity index (χ1n) is 42.5. The van der Waals surface area contributed by atoms with Gasteiger partial charge in [0.25, 0.3) is 16.7 Å². The predicted octanol–water partition coefficient (Wildman–Crippen LogP) is 18.3. The Morgan fingerprint density at radius 1 is 0.400 bits per heavy atom. The number of aliphatic hydroxyl groups is 2. The average Bonchev–Trinajstić information content (AvgIpc) is 0.809. The van der Waals surface area contributed by atoms with Crippen molar-refractivity contribution in [1.29, 1.82) is 0 Å². The van der Waals surface area contributed by atoms with E-state index in [2.05, 4.69) is 98.7 Å². The molecule has 0 aliphatic carbocycles. The largest absolute Gasteiger partial charge is 0.444 e. The summed E-state index contributed by atoms with van der Waals surface area (Å²) in [5.74, 6) is -10.4. The first kappa shape index (κ1) is 108. The van der Waals surface area contributed by atoms with Crippen LogP contribution in [0.5, 0.6) is 0 Å². The van der Waals surface area contributed by atoms with Crippen LogP contribution in [-0.4, -0.2) is 141 Å². The van der Waals surface area contributed by atoms with Crippen molar-refractivity contribution in [3.05, 3.63) is 377 Å². The van der Waals surface area contributed by atoms with E-state index >= 15 is 0 Å². The summed E-state index contributed by atoms with van der Waals surface area (Å²) in [7, 11) is 0. The number of carbonyl (C=O) groups is 3. The molecule has 0 aliphatic rings. The van der Waals surface area contributed by atoms with Crippen LogP contribution < -0.4 is 38.4 Å². The Bertz CT molecular complexity index is 6790. The van der Waals surface area contributed by atoms with Crippen LogP contribution in [0.1, 0.15) is 101 Å². The van der Waals surface area contributed by atoms with Crippen molar-refractivity contribution in [1.82, 2.24) is 85.6 Å². The summed E-state index contributed by atoms with van der Waals surface area (Å²) in [6, 6.07) is 41.9. The average molecular weight is 1990 g/mol. The first-order valence-corrected chi connectivity index (χ1v) is 43.3. The van der Waals surface area contributed by atoms with Gasteiger partial charge in [0.1, 0.15) is 16.8 Å². The summed E-state index contributed by atoms with van der Waals surface area (Å²) >= 11 is 3.28. The number of H-pyrrole nitrogens is 1. The summed E-state index contributed by atoms with van der Waals surface area (Å²) in [5.41, 5.74) is 11.9. The molecule has 0 bridgehead atoms. The number of alkyl carbamates (subject to hydrolysis) is 3. The van der Waals surface area contributed by atoms with Gasteiger partial charge in [-0.05, 0) is 179 Å². The maximum Gasteiger partial charge on any atom is 0.407 e.